The molecule has 0 aromatic heterocycles. The number of nitrogens with zero attached hydrogens (tertiary/aromatic N) is 2. The Hall–Kier alpha value is -1.18. The van der Waals surface area contributed by atoms with Crippen LogP contribution in [0.1, 0.15) is 25.7 Å². The van der Waals surface area contributed by atoms with Crippen LogP contribution in [-0.2, 0) is 14.3 Å². The Morgan fingerprint density at radius 1 is 1.33 bits per heavy atom. The Balaban J connectivity index is 1.84. The molecule has 0 aromatic rings. The summed E-state index contributed by atoms with van der Waals surface area (Å²) >= 11 is 0. The highest BCUT2D eigenvalue weighted by Crippen LogP contribution is 2.20. The van der Waals surface area contributed by atoms with Gasteiger partial charge in [-0.1, -0.05) is 0 Å². The second-order valence-electron chi connectivity index (χ2n) is 5.93. The molecule has 120 valence electrons. The van der Waals surface area contributed by atoms with Gasteiger partial charge in [0.25, 0.3) is 0 Å². The topological polar surface area (TPSA) is 90.3 Å². The SMILES string of the molecule is CN(CC(=O)O)[C@@H]1CN(C(=O)C[C@H]2CCCCO2)C[C@H]1O. The molecule has 2 rings (SSSR count). The molecular weight excluding hydrogens is 276 g/mol. The van der Waals surface area contributed by atoms with E-state index in [9.17, 15) is 14.7 Å². The van der Waals surface area contributed by atoms with Crippen LogP contribution < -0.4 is 0 Å². The number of aliphatic hydroxyl groups excluding tert-OH is 1. The number of hydrogen-bond donors (Lipinski definition) is 2. The summed E-state index contributed by atoms with van der Waals surface area (Å²) in [5.74, 6) is -0.961. The first-order valence-electron chi connectivity index (χ1n) is 7.47. The third kappa shape index (κ3) is 4.39. The minimum atomic E-state index is -0.940. The summed E-state index contributed by atoms with van der Waals surface area (Å²) < 4.78 is 5.56. The van der Waals surface area contributed by atoms with Crippen LogP contribution in [0.25, 0.3) is 0 Å². The first-order chi connectivity index (χ1) is 9.97. The molecule has 0 aliphatic carbocycles. The van der Waals surface area contributed by atoms with Crippen LogP contribution in [0.4, 0.5) is 0 Å². The molecule has 2 fully saturated rings. The number of carbonyl (C=O) groups excluding carboxylic acids is 1. The molecule has 0 saturated carbocycles. The van der Waals surface area contributed by atoms with Crippen molar-refractivity contribution < 1.29 is 24.5 Å². The summed E-state index contributed by atoms with van der Waals surface area (Å²) in [6.45, 7) is 1.21. The molecule has 0 bridgehead atoms. The first kappa shape index (κ1) is 16.2. The van der Waals surface area contributed by atoms with Crippen LogP contribution in [0, 0.1) is 0 Å². The van der Waals surface area contributed by atoms with Gasteiger partial charge in [-0.25, -0.2) is 0 Å². The Morgan fingerprint density at radius 3 is 2.71 bits per heavy atom. The zero-order chi connectivity index (χ0) is 15.4. The molecule has 7 heteroatoms. The minimum absolute atomic E-state index is 0.0146. The van der Waals surface area contributed by atoms with Gasteiger partial charge in [-0.15, -0.1) is 0 Å². The van der Waals surface area contributed by atoms with Gasteiger partial charge < -0.3 is 19.8 Å². The monoisotopic (exact) mass is 300 g/mol. The van der Waals surface area contributed by atoms with E-state index < -0.39 is 12.1 Å². The fourth-order valence-electron chi connectivity index (χ4n) is 3.03. The van der Waals surface area contributed by atoms with Crippen LogP contribution in [0.3, 0.4) is 0 Å². The number of carboxylic acids is 1. The zero-order valence-corrected chi connectivity index (χ0v) is 12.4. The van der Waals surface area contributed by atoms with Crippen molar-refractivity contribution in [2.75, 3.05) is 33.3 Å². The summed E-state index contributed by atoms with van der Waals surface area (Å²) in [6.07, 6.45) is 2.68. The van der Waals surface area contributed by atoms with Crippen LogP contribution >= 0.6 is 0 Å². The maximum Gasteiger partial charge on any atom is 0.317 e. The quantitative estimate of drug-likeness (QED) is 0.714. The van der Waals surface area contributed by atoms with Gasteiger partial charge in [-0.05, 0) is 26.3 Å². The molecule has 0 unspecified atom stereocenters. The number of amides is 1. The van der Waals surface area contributed by atoms with E-state index >= 15 is 0 Å². The number of carbonyl (C=O) groups is 2. The number of ether oxygens (including phenoxy) is 1. The number of likely N-dealkylation sites (N-methyl/N-ethyl adjacent to an activating group) is 1. The summed E-state index contributed by atoms with van der Waals surface area (Å²) in [6, 6.07) is -0.322. The Labute approximate surface area is 124 Å². The molecule has 1 amide bonds. The normalized spacial score (nSPS) is 29.9. The summed E-state index contributed by atoms with van der Waals surface area (Å²) in [5.41, 5.74) is 0. The van der Waals surface area contributed by atoms with E-state index in [1.807, 2.05) is 0 Å². The van der Waals surface area contributed by atoms with Crippen LogP contribution in [0.15, 0.2) is 0 Å². The molecule has 2 aliphatic rings. The predicted molar refractivity (Wildman–Crippen MR) is 74.8 cm³/mol. The Kier molecular flexibility index (Phi) is 5.55. The second-order valence-corrected chi connectivity index (χ2v) is 5.93. The van der Waals surface area contributed by atoms with Gasteiger partial charge in [0.15, 0.2) is 0 Å². The highest BCUT2D eigenvalue weighted by molar-refractivity contribution is 5.77. The van der Waals surface area contributed by atoms with Gasteiger partial charge in [0.2, 0.25) is 5.91 Å². The van der Waals surface area contributed by atoms with Crippen molar-refractivity contribution >= 4 is 11.9 Å². The highest BCUT2D eigenvalue weighted by atomic mass is 16.5. The lowest BCUT2D eigenvalue weighted by molar-refractivity contribution is -0.138. The molecule has 3 atom stereocenters. The first-order valence-corrected chi connectivity index (χ1v) is 7.47. The fourth-order valence-corrected chi connectivity index (χ4v) is 3.03. The van der Waals surface area contributed by atoms with Crippen molar-refractivity contribution in [3.63, 3.8) is 0 Å². The van der Waals surface area contributed by atoms with Gasteiger partial charge in [-0.3, -0.25) is 14.5 Å². The van der Waals surface area contributed by atoms with Gasteiger partial charge >= 0.3 is 5.97 Å². The smallest absolute Gasteiger partial charge is 0.317 e. The lowest BCUT2D eigenvalue weighted by Crippen LogP contribution is -2.43. The number of aliphatic carboxylic acids is 1. The zero-order valence-electron chi connectivity index (χ0n) is 12.4. The number of likely N-dealkylation sites (tertiary alicyclic amines) is 1. The lowest BCUT2D eigenvalue weighted by atomic mass is 10.1. The molecule has 2 heterocycles. The molecule has 7 nitrogen and oxygen atoms in total. The lowest BCUT2D eigenvalue weighted by Gasteiger charge is -2.26. The Morgan fingerprint density at radius 2 is 2.10 bits per heavy atom. The molecule has 2 N–H and O–H groups in total. The summed E-state index contributed by atoms with van der Waals surface area (Å²) in [7, 11) is 1.65. The number of hydrogen-bond acceptors (Lipinski definition) is 5. The van der Waals surface area contributed by atoms with E-state index in [1.54, 1.807) is 16.8 Å². The average Bonchev–Trinajstić information content (AvgIpc) is 2.81. The predicted octanol–water partition coefficient (Wildman–Crippen LogP) is -0.466. The van der Waals surface area contributed by atoms with Crippen molar-refractivity contribution in [1.29, 1.82) is 0 Å². The van der Waals surface area contributed by atoms with Gasteiger partial charge in [-0.2, -0.15) is 0 Å². The molecule has 2 saturated heterocycles. The molecule has 0 spiro atoms. The van der Waals surface area contributed by atoms with Crippen molar-refractivity contribution in [2.45, 2.75) is 43.9 Å². The van der Waals surface area contributed by atoms with Crippen molar-refractivity contribution in [3.8, 4) is 0 Å². The number of aliphatic hydroxyl groups is 1. The molecular formula is C14H24N2O5. The number of β-amino-alcohol motifs (C(OH)–C–C–N with tert-alkyl or cyclic N) is 1. The van der Waals surface area contributed by atoms with E-state index in [1.165, 1.54) is 0 Å². The number of carboxylic acid groups (broad SMARTS) is 1. The minimum Gasteiger partial charge on any atom is -0.480 e. The van der Waals surface area contributed by atoms with E-state index in [-0.39, 0.29) is 31.1 Å². The van der Waals surface area contributed by atoms with Crippen molar-refractivity contribution in [3.05, 3.63) is 0 Å². The van der Waals surface area contributed by atoms with Crippen LogP contribution in [-0.4, -0.2) is 83.4 Å². The van der Waals surface area contributed by atoms with Gasteiger partial charge in [0.1, 0.15) is 0 Å². The number of rotatable bonds is 5. The highest BCUT2D eigenvalue weighted by Gasteiger charge is 2.37. The summed E-state index contributed by atoms with van der Waals surface area (Å²) in [4.78, 5) is 26.2. The van der Waals surface area contributed by atoms with Crippen LogP contribution in [0.5, 0.6) is 0 Å². The fraction of sp³-hybridized carbons (Fsp3) is 0.857. The van der Waals surface area contributed by atoms with E-state index in [0.717, 1.165) is 19.3 Å². The third-order valence-electron chi connectivity index (χ3n) is 4.24. The molecule has 0 radical (unpaired) electrons. The summed E-state index contributed by atoms with van der Waals surface area (Å²) in [5, 5.41) is 18.8. The average molecular weight is 300 g/mol. The molecule has 0 aromatic carbocycles. The van der Waals surface area contributed by atoms with Crippen LogP contribution in [0.2, 0.25) is 0 Å². The third-order valence-corrected chi connectivity index (χ3v) is 4.24. The largest absolute Gasteiger partial charge is 0.480 e. The molecule has 21 heavy (non-hydrogen) atoms. The van der Waals surface area contributed by atoms with Crippen molar-refractivity contribution in [2.24, 2.45) is 0 Å². The van der Waals surface area contributed by atoms with E-state index in [2.05, 4.69) is 0 Å². The van der Waals surface area contributed by atoms with E-state index in [0.29, 0.717) is 19.6 Å². The van der Waals surface area contributed by atoms with Crippen molar-refractivity contribution in [1.82, 2.24) is 9.80 Å². The maximum atomic E-state index is 12.2. The van der Waals surface area contributed by atoms with Gasteiger partial charge in [0.05, 0.1) is 31.2 Å². The Bertz CT molecular complexity index is 384. The standard InChI is InChI=1S/C14H24N2O5/c1-15(9-14(19)20)11-7-16(8-12(11)17)13(18)6-10-4-2-3-5-21-10/h10-12,17H,2-9H2,1H3,(H,19,20)/t10-,11-,12-/m1/s1. The molecule has 2 aliphatic heterocycles. The second kappa shape index (κ2) is 7.20. The maximum absolute atomic E-state index is 12.2. The van der Waals surface area contributed by atoms with Gasteiger partial charge in [0, 0.05) is 19.7 Å². The van der Waals surface area contributed by atoms with E-state index in [4.69, 9.17) is 9.84 Å².